The van der Waals surface area contributed by atoms with E-state index in [-0.39, 0.29) is 11.7 Å². The highest BCUT2D eigenvalue weighted by molar-refractivity contribution is 7.99. The predicted molar refractivity (Wildman–Crippen MR) is 129 cm³/mol. The first-order valence-corrected chi connectivity index (χ1v) is 11.6. The molecule has 2 heterocycles. The molecule has 1 N–H and O–H groups in total. The standard InChI is InChI=1S/C25H23N5O3S/c1-33-24(32)21(15-18-9-4-2-5-10-18)27-22(31)17-34-25-29-28-23(19-11-8-14-26-16-19)30(25)20-12-6-3-7-13-20/h2-14,16,21H,15,17H2,1H3,(H,27,31)/t21-/m1/s1. The number of esters is 1. The zero-order valence-corrected chi connectivity index (χ0v) is 19.3. The van der Waals surface area contributed by atoms with Gasteiger partial charge in [-0.2, -0.15) is 0 Å². The summed E-state index contributed by atoms with van der Waals surface area (Å²) in [5, 5.41) is 12.0. The molecule has 1 amide bonds. The molecule has 0 bridgehead atoms. The number of methoxy groups -OCH3 is 1. The maximum atomic E-state index is 12.8. The summed E-state index contributed by atoms with van der Waals surface area (Å²) in [6.07, 6.45) is 3.75. The lowest BCUT2D eigenvalue weighted by molar-refractivity contribution is -0.144. The number of amides is 1. The summed E-state index contributed by atoms with van der Waals surface area (Å²) in [6, 6.07) is 22.1. The molecule has 4 aromatic rings. The molecule has 0 aliphatic carbocycles. The molecular weight excluding hydrogens is 450 g/mol. The smallest absolute Gasteiger partial charge is 0.328 e. The molecule has 1 atom stereocenters. The highest BCUT2D eigenvalue weighted by atomic mass is 32.2. The van der Waals surface area contributed by atoms with Gasteiger partial charge in [0.25, 0.3) is 0 Å². The van der Waals surface area contributed by atoms with Gasteiger partial charge >= 0.3 is 5.97 Å². The van der Waals surface area contributed by atoms with Crippen LogP contribution in [-0.2, 0) is 20.7 Å². The van der Waals surface area contributed by atoms with Gasteiger partial charge in [0.2, 0.25) is 5.91 Å². The van der Waals surface area contributed by atoms with Crippen LogP contribution < -0.4 is 5.32 Å². The molecular formula is C25H23N5O3S. The number of hydrogen-bond donors (Lipinski definition) is 1. The Morgan fingerprint density at radius 2 is 1.74 bits per heavy atom. The maximum absolute atomic E-state index is 12.8. The van der Waals surface area contributed by atoms with E-state index in [0.29, 0.717) is 17.4 Å². The third kappa shape index (κ3) is 5.68. The number of thioether (sulfide) groups is 1. The van der Waals surface area contributed by atoms with Gasteiger partial charge in [0.1, 0.15) is 6.04 Å². The summed E-state index contributed by atoms with van der Waals surface area (Å²) in [5.74, 6) is -0.116. The second-order valence-corrected chi connectivity index (χ2v) is 8.28. The van der Waals surface area contributed by atoms with E-state index in [1.165, 1.54) is 18.9 Å². The van der Waals surface area contributed by atoms with Crippen molar-refractivity contribution in [2.45, 2.75) is 17.6 Å². The van der Waals surface area contributed by atoms with E-state index in [1.54, 1.807) is 12.4 Å². The molecule has 2 aromatic carbocycles. The van der Waals surface area contributed by atoms with E-state index >= 15 is 0 Å². The molecule has 9 heteroatoms. The van der Waals surface area contributed by atoms with Crippen LogP contribution in [0, 0.1) is 0 Å². The predicted octanol–water partition coefficient (Wildman–Crippen LogP) is 3.32. The number of carbonyl (C=O) groups excluding carboxylic acids is 2. The van der Waals surface area contributed by atoms with Crippen molar-refractivity contribution in [3.8, 4) is 17.1 Å². The Bertz CT molecular complexity index is 1230. The number of rotatable bonds is 9. The monoisotopic (exact) mass is 473 g/mol. The van der Waals surface area contributed by atoms with Crippen molar-refractivity contribution < 1.29 is 14.3 Å². The lowest BCUT2D eigenvalue weighted by Gasteiger charge is -2.16. The molecule has 172 valence electrons. The van der Waals surface area contributed by atoms with Crippen LogP contribution in [0.5, 0.6) is 0 Å². The Balaban J connectivity index is 1.51. The Hall–Kier alpha value is -3.98. The summed E-state index contributed by atoms with van der Waals surface area (Å²) in [7, 11) is 1.31. The molecule has 0 spiro atoms. The lowest BCUT2D eigenvalue weighted by Crippen LogP contribution is -2.43. The first-order chi connectivity index (χ1) is 16.7. The first-order valence-electron chi connectivity index (χ1n) is 10.6. The summed E-state index contributed by atoms with van der Waals surface area (Å²) in [4.78, 5) is 29.2. The number of carbonyl (C=O) groups is 2. The van der Waals surface area contributed by atoms with E-state index in [0.717, 1.165) is 16.8 Å². The number of ether oxygens (including phenoxy) is 1. The highest BCUT2D eigenvalue weighted by Crippen LogP contribution is 2.27. The largest absolute Gasteiger partial charge is 0.467 e. The van der Waals surface area contributed by atoms with Crippen LogP contribution >= 0.6 is 11.8 Å². The second kappa shape index (κ2) is 11.2. The summed E-state index contributed by atoms with van der Waals surface area (Å²) >= 11 is 1.24. The van der Waals surface area contributed by atoms with Crippen molar-refractivity contribution in [3.05, 3.63) is 90.8 Å². The Morgan fingerprint density at radius 1 is 1.00 bits per heavy atom. The van der Waals surface area contributed by atoms with Gasteiger partial charge in [-0.3, -0.25) is 14.3 Å². The quantitative estimate of drug-likeness (QED) is 0.294. The second-order valence-electron chi connectivity index (χ2n) is 7.34. The number of nitrogens with one attached hydrogen (secondary N) is 1. The SMILES string of the molecule is COC(=O)[C@@H](Cc1ccccc1)NC(=O)CSc1nnc(-c2cccnc2)n1-c1ccccc1. The van der Waals surface area contributed by atoms with Crippen molar-refractivity contribution in [1.29, 1.82) is 0 Å². The van der Waals surface area contributed by atoms with Gasteiger partial charge in [-0.25, -0.2) is 4.79 Å². The van der Waals surface area contributed by atoms with E-state index in [1.807, 2.05) is 77.4 Å². The fraction of sp³-hybridized carbons (Fsp3) is 0.160. The number of benzene rings is 2. The van der Waals surface area contributed by atoms with Crippen molar-refractivity contribution >= 4 is 23.6 Å². The third-order valence-corrected chi connectivity index (χ3v) is 5.93. The molecule has 0 fully saturated rings. The van der Waals surface area contributed by atoms with Crippen molar-refractivity contribution in [1.82, 2.24) is 25.1 Å². The zero-order valence-electron chi connectivity index (χ0n) is 18.5. The highest BCUT2D eigenvalue weighted by Gasteiger charge is 2.23. The van der Waals surface area contributed by atoms with Gasteiger partial charge in [0, 0.05) is 30.1 Å². The van der Waals surface area contributed by atoms with Crippen LogP contribution in [0.3, 0.4) is 0 Å². The van der Waals surface area contributed by atoms with Crippen molar-refractivity contribution in [2.75, 3.05) is 12.9 Å². The van der Waals surface area contributed by atoms with Gasteiger partial charge in [-0.05, 0) is 29.8 Å². The first kappa shape index (κ1) is 23.2. The topological polar surface area (TPSA) is 99.0 Å². The van der Waals surface area contributed by atoms with Crippen molar-refractivity contribution in [2.24, 2.45) is 0 Å². The fourth-order valence-electron chi connectivity index (χ4n) is 3.41. The number of aromatic nitrogens is 4. The lowest BCUT2D eigenvalue weighted by atomic mass is 10.1. The van der Waals surface area contributed by atoms with Crippen LogP contribution in [0.4, 0.5) is 0 Å². The summed E-state index contributed by atoms with van der Waals surface area (Å²) in [6.45, 7) is 0. The number of nitrogens with zero attached hydrogens (tertiary/aromatic N) is 4. The molecule has 0 aliphatic heterocycles. The summed E-state index contributed by atoms with van der Waals surface area (Å²) < 4.78 is 6.77. The van der Waals surface area contributed by atoms with Crippen molar-refractivity contribution in [3.63, 3.8) is 0 Å². The van der Waals surface area contributed by atoms with Gasteiger partial charge in [0.05, 0.1) is 12.9 Å². The zero-order chi connectivity index (χ0) is 23.8. The minimum Gasteiger partial charge on any atom is -0.467 e. The van der Waals surface area contributed by atoms with Crippen LogP contribution in [0.25, 0.3) is 17.1 Å². The fourth-order valence-corrected chi connectivity index (χ4v) is 4.17. The van der Waals surface area contributed by atoms with Crippen LogP contribution in [0.1, 0.15) is 5.56 Å². The van der Waals surface area contributed by atoms with Crippen LogP contribution in [-0.4, -0.2) is 50.5 Å². The Kier molecular flexibility index (Phi) is 7.67. The number of pyridine rings is 1. The number of hydrogen-bond acceptors (Lipinski definition) is 7. The van der Waals surface area contributed by atoms with Gasteiger partial charge < -0.3 is 10.1 Å². The minimum absolute atomic E-state index is 0.0558. The molecule has 34 heavy (non-hydrogen) atoms. The minimum atomic E-state index is -0.779. The average molecular weight is 474 g/mol. The molecule has 0 saturated heterocycles. The average Bonchev–Trinajstić information content (AvgIpc) is 3.32. The van der Waals surface area contributed by atoms with Gasteiger partial charge in [-0.15, -0.1) is 10.2 Å². The van der Waals surface area contributed by atoms with Gasteiger partial charge in [-0.1, -0.05) is 60.3 Å². The Labute approximate surface area is 201 Å². The molecule has 2 aromatic heterocycles. The molecule has 4 rings (SSSR count). The molecule has 0 unspecified atom stereocenters. The van der Waals surface area contributed by atoms with E-state index in [2.05, 4.69) is 20.5 Å². The van der Waals surface area contributed by atoms with E-state index < -0.39 is 12.0 Å². The third-order valence-electron chi connectivity index (χ3n) is 5.00. The van der Waals surface area contributed by atoms with Crippen LogP contribution in [0.2, 0.25) is 0 Å². The number of para-hydroxylation sites is 1. The van der Waals surface area contributed by atoms with Gasteiger partial charge in [0.15, 0.2) is 11.0 Å². The molecule has 0 saturated carbocycles. The van der Waals surface area contributed by atoms with E-state index in [4.69, 9.17) is 4.74 Å². The summed E-state index contributed by atoms with van der Waals surface area (Å²) in [5.41, 5.74) is 2.60. The van der Waals surface area contributed by atoms with E-state index in [9.17, 15) is 9.59 Å². The maximum Gasteiger partial charge on any atom is 0.328 e. The molecule has 0 radical (unpaired) electrons. The molecule has 8 nitrogen and oxygen atoms in total. The van der Waals surface area contributed by atoms with Crippen LogP contribution in [0.15, 0.2) is 90.3 Å². The molecule has 0 aliphatic rings. The normalized spacial score (nSPS) is 11.6. The Morgan fingerprint density at radius 3 is 2.41 bits per heavy atom.